The van der Waals surface area contributed by atoms with E-state index in [0.717, 1.165) is 19.8 Å². The first-order chi connectivity index (χ1) is 21.7. The van der Waals surface area contributed by atoms with Crippen molar-refractivity contribution in [2.24, 2.45) is 17.8 Å². The molecule has 1 aromatic carbocycles. The Labute approximate surface area is 267 Å². The van der Waals surface area contributed by atoms with E-state index in [-0.39, 0.29) is 31.8 Å². The van der Waals surface area contributed by atoms with Crippen LogP contribution in [0.4, 0.5) is 9.18 Å². The molecule has 1 aromatic rings. The van der Waals surface area contributed by atoms with Crippen LogP contribution in [0.15, 0.2) is 30.3 Å². The van der Waals surface area contributed by atoms with E-state index in [1.54, 1.807) is 24.3 Å². The molecule has 2 amide bonds. The summed E-state index contributed by atoms with van der Waals surface area (Å²) in [6, 6.07) is 6.26. The Balaban J connectivity index is 3.13. The molecule has 3 N–H and O–H groups in total. The van der Waals surface area contributed by atoms with Gasteiger partial charge in [-0.2, -0.15) is 0 Å². The minimum atomic E-state index is -1.59. The predicted octanol–water partition coefficient (Wildman–Crippen LogP) is 2.40. The maximum atomic E-state index is 13.5. The third-order valence-electron chi connectivity index (χ3n) is 7.15. The zero-order chi connectivity index (χ0) is 34.8. The van der Waals surface area contributed by atoms with Gasteiger partial charge in [0.25, 0.3) is 0 Å². The normalized spacial score (nSPS) is 14.2. The van der Waals surface area contributed by atoms with Crippen molar-refractivity contribution in [2.75, 3.05) is 20.9 Å². The van der Waals surface area contributed by atoms with E-state index in [4.69, 9.17) is 4.74 Å². The summed E-state index contributed by atoms with van der Waals surface area (Å²) >= 11 is 0. The van der Waals surface area contributed by atoms with Gasteiger partial charge in [0.2, 0.25) is 5.91 Å². The number of ketones is 3. The molecule has 13 nitrogen and oxygen atoms in total. The van der Waals surface area contributed by atoms with E-state index in [9.17, 15) is 43.1 Å². The first-order valence-corrected chi connectivity index (χ1v) is 15.0. The molecular weight excluding hydrogens is 607 g/mol. The Hall–Kier alpha value is -4.20. The largest absolute Gasteiger partial charge is 0.469 e. The van der Waals surface area contributed by atoms with Crippen molar-refractivity contribution in [3.63, 3.8) is 0 Å². The van der Waals surface area contributed by atoms with E-state index >= 15 is 0 Å². The Bertz CT molecular complexity index is 1190. The third kappa shape index (κ3) is 14.7. The maximum absolute atomic E-state index is 13.5. The molecule has 0 saturated carbocycles. The second-order valence-electron chi connectivity index (χ2n) is 11.3. The highest BCUT2D eigenvalue weighted by Crippen LogP contribution is 2.20. The van der Waals surface area contributed by atoms with E-state index in [1.807, 2.05) is 19.9 Å². The monoisotopic (exact) mass is 652 g/mol. The molecule has 0 heterocycles. The van der Waals surface area contributed by atoms with Crippen molar-refractivity contribution < 1.29 is 57.3 Å². The Morgan fingerprint density at radius 1 is 0.804 bits per heavy atom. The molecule has 0 saturated heterocycles. The number of benzene rings is 1. The number of ether oxygens (including phenoxy) is 3. The second kappa shape index (κ2) is 20.8. The van der Waals surface area contributed by atoms with Crippen molar-refractivity contribution in [2.45, 2.75) is 84.1 Å². The molecule has 0 spiro atoms. The number of aliphatic hydroxyl groups excluding tert-OH is 1. The number of amides is 2. The number of halogens is 1. The molecule has 0 aliphatic carbocycles. The molecule has 46 heavy (non-hydrogen) atoms. The lowest BCUT2D eigenvalue weighted by molar-refractivity contribution is -0.145. The van der Waals surface area contributed by atoms with Crippen LogP contribution in [-0.2, 0) is 49.6 Å². The summed E-state index contributed by atoms with van der Waals surface area (Å²) in [6.07, 6.45) is -4.27. The number of methoxy groups -OCH3 is 2. The number of rotatable bonds is 21. The highest BCUT2D eigenvalue weighted by atomic mass is 19.1. The molecule has 0 bridgehead atoms. The van der Waals surface area contributed by atoms with Crippen LogP contribution < -0.4 is 10.6 Å². The van der Waals surface area contributed by atoms with Crippen molar-refractivity contribution in [1.82, 2.24) is 10.6 Å². The van der Waals surface area contributed by atoms with Gasteiger partial charge < -0.3 is 30.0 Å². The van der Waals surface area contributed by atoms with Gasteiger partial charge in [0.05, 0.1) is 32.8 Å². The molecule has 0 unspecified atom stereocenters. The van der Waals surface area contributed by atoms with E-state index in [2.05, 4.69) is 20.1 Å². The van der Waals surface area contributed by atoms with Crippen LogP contribution in [0.1, 0.15) is 64.9 Å². The quantitative estimate of drug-likeness (QED) is 0.131. The minimum Gasteiger partial charge on any atom is -0.469 e. The molecule has 5 atom stereocenters. The highest BCUT2D eigenvalue weighted by Gasteiger charge is 2.35. The summed E-state index contributed by atoms with van der Waals surface area (Å²) in [5, 5.41) is 15.2. The van der Waals surface area contributed by atoms with Crippen LogP contribution in [0.2, 0.25) is 0 Å². The van der Waals surface area contributed by atoms with E-state index < -0.39 is 97.2 Å². The molecular formula is C32H45FN2O11. The second-order valence-corrected chi connectivity index (χ2v) is 11.3. The molecule has 14 heteroatoms. The average molecular weight is 653 g/mol. The van der Waals surface area contributed by atoms with Crippen LogP contribution in [0, 0.1) is 17.8 Å². The van der Waals surface area contributed by atoms with Crippen molar-refractivity contribution >= 4 is 41.3 Å². The number of hydrogen-bond acceptors (Lipinski definition) is 11. The molecule has 0 radical (unpaired) electrons. The topological polar surface area (TPSA) is 191 Å². The molecule has 0 aromatic heterocycles. The van der Waals surface area contributed by atoms with E-state index in [0.29, 0.717) is 0 Å². The number of alkyl carbamates (subject to hydrolysis) is 1. The summed E-state index contributed by atoms with van der Waals surface area (Å²) < 4.78 is 27.5. The smallest absolute Gasteiger partial charge is 0.408 e. The molecule has 0 aliphatic rings. The van der Waals surface area contributed by atoms with Crippen molar-refractivity contribution in [3.8, 4) is 0 Å². The number of carbonyl (C=O) groups excluding carboxylic acids is 7. The zero-order valence-corrected chi connectivity index (χ0v) is 26.9. The van der Waals surface area contributed by atoms with Gasteiger partial charge in [-0.25, -0.2) is 9.18 Å². The number of aliphatic hydroxyl groups is 1. The van der Waals surface area contributed by atoms with Gasteiger partial charge in [0.15, 0.2) is 17.3 Å². The fourth-order valence-corrected chi connectivity index (χ4v) is 4.56. The number of esters is 2. The SMILES string of the molecule is COC(=O)CC[C@H](CC(=O)[C@H](CC(C)C)NC(=O)OCc1ccccc1)C(=O)N[C@H](C(=O)C[C@@H](CC(=O)OC)C(=O)CF)[C@@H](C)O. The third-order valence-corrected chi connectivity index (χ3v) is 7.15. The maximum Gasteiger partial charge on any atom is 0.408 e. The van der Waals surface area contributed by atoms with Gasteiger partial charge in [-0.1, -0.05) is 44.2 Å². The summed E-state index contributed by atoms with van der Waals surface area (Å²) in [5.41, 5.74) is 0.733. The lowest BCUT2D eigenvalue weighted by Gasteiger charge is -2.26. The van der Waals surface area contributed by atoms with Gasteiger partial charge in [-0.15, -0.1) is 0 Å². The number of hydrogen-bond donors (Lipinski definition) is 3. The summed E-state index contributed by atoms with van der Waals surface area (Å²) in [4.78, 5) is 88.2. The zero-order valence-electron chi connectivity index (χ0n) is 26.9. The number of Topliss-reactive ketones (excluding diaryl/α,β-unsaturated/α-hetero) is 3. The van der Waals surface area contributed by atoms with Gasteiger partial charge in [0.1, 0.15) is 19.3 Å². The van der Waals surface area contributed by atoms with Crippen molar-refractivity contribution in [3.05, 3.63) is 35.9 Å². The average Bonchev–Trinajstić information content (AvgIpc) is 3.02. The van der Waals surface area contributed by atoms with Crippen molar-refractivity contribution in [1.29, 1.82) is 0 Å². The minimum absolute atomic E-state index is 0.0361. The number of nitrogens with one attached hydrogen (secondary N) is 2. The highest BCUT2D eigenvalue weighted by molar-refractivity contribution is 5.96. The first-order valence-electron chi connectivity index (χ1n) is 15.0. The summed E-state index contributed by atoms with van der Waals surface area (Å²) in [5.74, 6) is -7.44. The molecule has 1 rings (SSSR count). The first kappa shape index (κ1) is 39.8. The van der Waals surface area contributed by atoms with Gasteiger partial charge in [-0.3, -0.25) is 28.8 Å². The Morgan fingerprint density at radius 3 is 1.96 bits per heavy atom. The Morgan fingerprint density at radius 2 is 1.41 bits per heavy atom. The summed E-state index contributed by atoms with van der Waals surface area (Å²) in [7, 11) is 2.21. The van der Waals surface area contributed by atoms with Crippen LogP contribution in [0.25, 0.3) is 0 Å². The number of alkyl halides is 1. The van der Waals surface area contributed by atoms with Crippen LogP contribution in [0.3, 0.4) is 0 Å². The lowest BCUT2D eigenvalue weighted by Crippen LogP contribution is -2.51. The summed E-state index contributed by atoms with van der Waals surface area (Å²) in [6.45, 7) is 3.39. The van der Waals surface area contributed by atoms with Gasteiger partial charge in [-0.05, 0) is 31.2 Å². The fraction of sp³-hybridized carbons (Fsp3) is 0.594. The van der Waals surface area contributed by atoms with E-state index in [1.165, 1.54) is 6.92 Å². The fourth-order valence-electron chi connectivity index (χ4n) is 4.56. The predicted molar refractivity (Wildman–Crippen MR) is 162 cm³/mol. The van der Waals surface area contributed by atoms with Crippen LogP contribution in [0.5, 0.6) is 0 Å². The number of carbonyl (C=O) groups is 7. The Kier molecular flexibility index (Phi) is 18.0. The molecule has 0 aliphatic heterocycles. The molecule has 0 fully saturated rings. The standard InChI is InChI=1S/C32H45FN2O11/c1-19(2)13-24(34-32(43)46-18-21-9-7-6-8-10-21)25(37)14-22(11-12-28(40)44-4)31(42)35-30(20(3)36)26(38)15-23(27(39)17-33)16-29(41)45-5/h6-10,19-20,22-24,30,36H,11-18H2,1-5H3,(H,34,43)(H,35,42)/t20-,22-,23+,24+,30+/m1/s1. The van der Waals surface area contributed by atoms with Crippen LogP contribution in [-0.4, -0.2) is 85.5 Å². The molecule has 256 valence electrons. The van der Waals surface area contributed by atoms with Gasteiger partial charge in [0, 0.05) is 31.1 Å². The van der Waals surface area contributed by atoms with Crippen LogP contribution >= 0.6 is 0 Å². The lowest BCUT2D eigenvalue weighted by atomic mass is 9.88. The van der Waals surface area contributed by atoms with Gasteiger partial charge >= 0.3 is 18.0 Å².